The summed E-state index contributed by atoms with van der Waals surface area (Å²) in [6, 6.07) is 9.01. The van der Waals surface area contributed by atoms with Crippen molar-refractivity contribution in [3.63, 3.8) is 0 Å². The summed E-state index contributed by atoms with van der Waals surface area (Å²) in [6.45, 7) is 0. The molecular formula is C10H9Cl2N2O+. The van der Waals surface area contributed by atoms with Crippen molar-refractivity contribution >= 4 is 35.5 Å². The van der Waals surface area contributed by atoms with Gasteiger partial charge in [0, 0.05) is 5.56 Å². The van der Waals surface area contributed by atoms with Crippen molar-refractivity contribution in [1.82, 2.24) is 5.32 Å². The second kappa shape index (κ2) is 4.21. The maximum Gasteiger partial charge on any atom is 0.295 e. The first-order valence-corrected chi connectivity index (χ1v) is 5.24. The summed E-state index contributed by atoms with van der Waals surface area (Å²) in [5.41, 5.74) is 0.506. The van der Waals surface area contributed by atoms with E-state index in [2.05, 4.69) is 5.32 Å². The van der Waals surface area contributed by atoms with E-state index in [0.29, 0.717) is 0 Å². The minimum absolute atomic E-state index is 0.155. The fourth-order valence-corrected chi connectivity index (χ4v) is 2.05. The zero-order chi connectivity index (χ0) is 10.8. The lowest BCUT2D eigenvalue weighted by atomic mass is 10.1. The molecule has 0 aliphatic carbocycles. The molecule has 0 spiro atoms. The molecule has 3 nitrogen and oxygen atoms in total. The number of carbonyl (C=O) groups excluding carboxylic acids is 1. The molecule has 1 fully saturated rings. The molecule has 1 aliphatic heterocycles. The lowest BCUT2D eigenvalue weighted by Crippen LogP contribution is -2.62. The summed E-state index contributed by atoms with van der Waals surface area (Å²) in [5, 5.41) is 2.50. The Morgan fingerprint density at radius 1 is 1.33 bits per heavy atom. The minimum Gasteiger partial charge on any atom is -0.328 e. The monoisotopic (exact) mass is 243 g/mol. The van der Waals surface area contributed by atoms with Gasteiger partial charge in [-0.2, -0.15) is 0 Å². The van der Waals surface area contributed by atoms with Crippen molar-refractivity contribution < 1.29 is 8.89 Å². The third kappa shape index (κ3) is 2.13. The number of β-lactam (4-membered cyclic amide) rings is 1. The number of alkyl halides is 1. The lowest BCUT2D eigenvalue weighted by molar-refractivity contribution is -0.412. The van der Waals surface area contributed by atoms with Gasteiger partial charge in [-0.25, -0.2) is 0 Å². The van der Waals surface area contributed by atoms with E-state index in [1.807, 2.05) is 30.3 Å². The number of rotatable bonds is 2. The maximum atomic E-state index is 11.1. The van der Waals surface area contributed by atoms with E-state index in [9.17, 15) is 4.79 Å². The summed E-state index contributed by atoms with van der Waals surface area (Å²) >= 11 is 11.7. The molecule has 1 saturated heterocycles. The normalized spacial score (nSPS) is 25.7. The van der Waals surface area contributed by atoms with Crippen molar-refractivity contribution in [2.24, 2.45) is 0 Å². The molecule has 0 radical (unpaired) electrons. The van der Waals surface area contributed by atoms with Crippen LogP contribution in [0.3, 0.4) is 0 Å². The molecule has 1 aromatic carbocycles. The molecule has 1 heterocycles. The third-order valence-corrected chi connectivity index (χ3v) is 2.82. The predicted molar refractivity (Wildman–Crippen MR) is 59.3 cm³/mol. The quantitative estimate of drug-likeness (QED) is 0.275. The topological polar surface area (TPSA) is 32.1 Å². The maximum absolute atomic E-state index is 11.1. The van der Waals surface area contributed by atoms with Crippen molar-refractivity contribution in [1.29, 1.82) is 0 Å². The number of nitrogens with one attached hydrogen (secondary N) is 1. The van der Waals surface area contributed by atoms with Gasteiger partial charge in [0.1, 0.15) is 0 Å². The summed E-state index contributed by atoms with van der Waals surface area (Å²) in [4.78, 5) is 11.1. The van der Waals surface area contributed by atoms with E-state index in [1.165, 1.54) is 4.09 Å². The van der Waals surface area contributed by atoms with E-state index in [0.717, 1.165) is 5.56 Å². The van der Waals surface area contributed by atoms with Gasteiger partial charge in [-0.3, -0.25) is 4.79 Å². The second-order valence-electron chi connectivity index (χ2n) is 3.24. The molecule has 2 atom stereocenters. The fraction of sp³-hybridized carbons (Fsp3) is 0.200. The number of amides is 1. The summed E-state index contributed by atoms with van der Waals surface area (Å²) in [5.74, 6) is -0.155. The number of nitrogens with zero attached hydrogens (tertiary/aromatic N) is 1. The van der Waals surface area contributed by atoms with Gasteiger partial charge in [0.15, 0.2) is 11.7 Å². The molecule has 0 aromatic heterocycles. The predicted octanol–water partition coefficient (Wildman–Crippen LogP) is 1.34. The highest BCUT2D eigenvalue weighted by Gasteiger charge is 2.47. The number of hydrogen-bond acceptors (Lipinski definition) is 1. The molecule has 0 bridgehead atoms. The Kier molecular flexibility index (Phi) is 2.93. The Bertz CT molecular complexity index is 405. The first kappa shape index (κ1) is 10.5. The number of halogens is 2. The van der Waals surface area contributed by atoms with Gasteiger partial charge in [0.2, 0.25) is 0 Å². The van der Waals surface area contributed by atoms with Crippen molar-refractivity contribution in [3.8, 4) is 0 Å². The Balaban J connectivity index is 2.17. The van der Waals surface area contributed by atoms with Gasteiger partial charge >= 0.3 is 0 Å². The number of carbonyl (C=O) groups is 1. The molecule has 78 valence electrons. The lowest BCUT2D eigenvalue weighted by Gasteiger charge is -2.25. The molecule has 1 aliphatic rings. The van der Waals surface area contributed by atoms with Crippen LogP contribution in [0.1, 0.15) is 5.56 Å². The first-order chi connectivity index (χ1) is 7.18. The molecular weight excluding hydrogens is 235 g/mol. The summed E-state index contributed by atoms with van der Waals surface area (Å²) in [7, 11) is 0. The zero-order valence-electron chi connectivity index (χ0n) is 7.73. The van der Waals surface area contributed by atoms with E-state index in [1.54, 1.807) is 6.21 Å². The molecule has 5 heteroatoms. The van der Waals surface area contributed by atoms with E-state index in [4.69, 9.17) is 23.4 Å². The Hall–Kier alpha value is -1.06. The van der Waals surface area contributed by atoms with Crippen LogP contribution in [0.4, 0.5) is 0 Å². The fourth-order valence-electron chi connectivity index (χ4n) is 1.34. The van der Waals surface area contributed by atoms with Crippen LogP contribution in [0.15, 0.2) is 30.3 Å². The van der Waals surface area contributed by atoms with Crippen LogP contribution in [0.2, 0.25) is 0 Å². The van der Waals surface area contributed by atoms with Crippen molar-refractivity contribution in [3.05, 3.63) is 35.9 Å². The summed E-state index contributed by atoms with van der Waals surface area (Å²) < 4.78 is 1.31. The molecule has 2 rings (SSSR count). The van der Waals surface area contributed by atoms with Gasteiger partial charge in [-0.1, -0.05) is 29.8 Å². The standard InChI is InChI=1S/C10H8Cl2N2O/c11-9-8(10(15)13-9)14(12)6-7-4-2-1-3-5-7/h1-6,8-9H/p+1/t8-,9+/m0/s1. The van der Waals surface area contributed by atoms with Gasteiger partial charge < -0.3 is 5.32 Å². The highest BCUT2D eigenvalue weighted by Crippen LogP contribution is 2.15. The minimum atomic E-state index is -0.492. The van der Waals surface area contributed by atoms with E-state index in [-0.39, 0.29) is 5.91 Å². The van der Waals surface area contributed by atoms with Crippen LogP contribution in [-0.4, -0.2) is 27.8 Å². The van der Waals surface area contributed by atoms with E-state index >= 15 is 0 Å². The molecule has 15 heavy (non-hydrogen) atoms. The second-order valence-corrected chi connectivity index (χ2v) is 4.10. The third-order valence-electron chi connectivity index (χ3n) is 2.16. The SMILES string of the molecule is O=C1N[C@@H](Cl)[C@@H]1[N+](Cl)=Cc1ccccc1. The molecule has 1 N–H and O–H groups in total. The summed E-state index contributed by atoms with van der Waals surface area (Å²) in [6.07, 6.45) is 1.68. The zero-order valence-corrected chi connectivity index (χ0v) is 9.24. The van der Waals surface area contributed by atoms with Gasteiger partial charge in [-0.15, -0.1) is 4.09 Å². The molecule has 0 unspecified atom stereocenters. The van der Waals surface area contributed by atoms with Gasteiger partial charge in [-0.05, 0) is 12.1 Å². The Labute approximate surface area is 97.4 Å². The highest BCUT2D eigenvalue weighted by molar-refractivity contribution is 6.26. The molecule has 0 saturated carbocycles. The van der Waals surface area contributed by atoms with Crippen LogP contribution in [0, 0.1) is 0 Å². The van der Waals surface area contributed by atoms with Crippen molar-refractivity contribution in [2.75, 3.05) is 0 Å². The van der Waals surface area contributed by atoms with Crippen LogP contribution >= 0.6 is 23.4 Å². The smallest absolute Gasteiger partial charge is 0.295 e. The largest absolute Gasteiger partial charge is 0.328 e. The van der Waals surface area contributed by atoms with Gasteiger partial charge in [0.05, 0.1) is 0 Å². The Morgan fingerprint density at radius 3 is 2.53 bits per heavy atom. The van der Waals surface area contributed by atoms with Crippen LogP contribution in [0.25, 0.3) is 0 Å². The van der Waals surface area contributed by atoms with Crippen LogP contribution < -0.4 is 5.32 Å². The molecule has 1 amide bonds. The Morgan fingerprint density at radius 2 is 2.00 bits per heavy atom. The van der Waals surface area contributed by atoms with Gasteiger partial charge in [0.25, 0.3) is 23.7 Å². The average Bonchev–Trinajstić information content (AvgIpc) is 2.18. The molecule has 1 aromatic rings. The number of benzene rings is 1. The number of hydrogen-bond donors (Lipinski definition) is 1. The van der Waals surface area contributed by atoms with Crippen LogP contribution in [-0.2, 0) is 4.79 Å². The van der Waals surface area contributed by atoms with E-state index < -0.39 is 11.5 Å². The van der Waals surface area contributed by atoms with Crippen LogP contribution in [0.5, 0.6) is 0 Å². The first-order valence-electron chi connectivity index (χ1n) is 4.47. The average molecular weight is 244 g/mol. The van der Waals surface area contributed by atoms with Crippen molar-refractivity contribution in [2.45, 2.75) is 11.5 Å². The highest BCUT2D eigenvalue weighted by atomic mass is 35.5.